The molecule has 0 aliphatic rings. The van der Waals surface area contributed by atoms with E-state index in [4.69, 9.17) is 0 Å². The van der Waals surface area contributed by atoms with Crippen molar-refractivity contribution < 1.29 is 0 Å². The normalized spacial score (nSPS) is 9.71. The van der Waals surface area contributed by atoms with Gasteiger partial charge in [0.1, 0.15) is 0 Å². The zero-order valence-corrected chi connectivity index (χ0v) is 11.7. The topological polar surface area (TPSA) is 68.5 Å². The first-order valence-corrected chi connectivity index (χ1v) is 6.23. The Balaban J connectivity index is 0.000000171. The van der Waals surface area contributed by atoms with Crippen LogP contribution in [-0.4, -0.2) is 31.7 Å². The summed E-state index contributed by atoms with van der Waals surface area (Å²) in [5, 5.41) is 14.9. The maximum atomic E-state index is 4.23. The Labute approximate surface area is 105 Å². The largest absolute Gasteiger partial charge is 0.353 e. The van der Waals surface area contributed by atoms with Crippen LogP contribution in [0.5, 0.6) is 0 Å². The highest BCUT2D eigenvalue weighted by Gasteiger charge is 1.96. The molecule has 2 aromatic heterocycles. The molecule has 7 heteroatoms. The number of rotatable bonds is 2. The minimum Gasteiger partial charge on any atom is -0.353 e. The third-order valence-corrected chi connectivity index (χ3v) is 3.08. The van der Waals surface area contributed by atoms with Gasteiger partial charge in [-0.15, -0.1) is 11.3 Å². The van der Waals surface area contributed by atoms with Crippen LogP contribution in [0.3, 0.4) is 0 Å². The number of thiazole rings is 1. The second-order valence-electron chi connectivity index (χ2n) is 3.53. The second-order valence-corrected chi connectivity index (χ2v) is 4.94. The summed E-state index contributed by atoms with van der Waals surface area (Å²) in [6, 6.07) is 0. The minimum atomic E-state index is 0.706. The van der Waals surface area contributed by atoms with Crippen molar-refractivity contribution in [1.29, 1.82) is 0 Å². The molecular weight excluding hydrogens is 236 g/mol. The summed E-state index contributed by atoms with van der Waals surface area (Å²) in [5.41, 5.74) is 1.17. The Bertz CT molecular complexity index is 442. The number of hydrogen-bond acceptors (Lipinski definition) is 6. The molecule has 2 heterocycles. The lowest BCUT2D eigenvalue weighted by Crippen LogP contribution is -2.03. The first-order valence-electron chi connectivity index (χ1n) is 5.41. The van der Waals surface area contributed by atoms with Crippen LogP contribution in [-0.2, 0) is 7.05 Å². The fourth-order valence-corrected chi connectivity index (χ4v) is 1.99. The van der Waals surface area contributed by atoms with Crippen LogP contribution >= 0.6 is 11.3 Å². The van der Waals surface area contributed by atoms with Gasteiger partial charge >= 0.3 is 0 Å². The highest BCUT2D eigenvalue weighted by Crippen LogP contribution is 2.14. The lowest BCUT2D eigenvalue weighted by atomic mass is 10.4. The molecule has 0 aliphatic heterocycles. The molecule has 0 fully saturated rings. The quantitative estimate of drug-likeness (QED) is 0.883. The van der Waals surface area contributed by atoms with E-state index in [1.807, 2.05) is 20.8 Å². The van der Waals surface area contributed by atoms with E-state index in [1.165, 1.54) is 15.6 Å². The molecule has 0 unspecified atom stereocenters. The molecule has 0 bridgehead atoms. The van der Waals surface area contributed by atoms with E-state index >= 15 is 0 Å². The summed E-state index contributed by atoms with van der Waals surface area (Å²) in [6.45, 7) is 9.01. The van der Waals surface area contributed by atoms with E-state index in [-0.39, 0.29) is 0 Å². The van der Waals surface area contributed by atoms with Crippen LogP contribution in [0.15, 0.2) is 0 Å². The number of hydrogen-bond donors (Lipinski definition) is 1. The predicted octanol–water partition coefficient (Wildman–Crippen LogP) is 1.71. The highest BCUT2D eigenvalue weighted by atomic mass is 32.1. The monoisotopic (exact) mass is 254 g/mol. The van der Waals surface area contributed by atoms with E-state index in [9.17, 15) is 0 Å². The van der Waals surface area contributed by atoms with Gasteiger partial charge in [-0.3, -0.25) is 0 Å². The van der Waals surface area contributed by atoms with Crippen molar-refractivity contribution in [2.45, 2.75) is 27.7 Å². The SMILES string of the molecule is CCNc1nnnn1C.Cc1nc(C)c(C)s1. The Hall–Kier alpha value is -1.50. The zero-order chi connectivity index (χ0) is 12.8. The molecule has 2 aromatic rings. The fraction of sp³-hybridized carbons (Fsp3) is 0.600. The number of tetrazole rings is 1. The molecule has 2 rings (SSSR count). The Morgan fingerprint density at radius 3 is 2.29 bits per heavy atom. The van der Waals surface area contributed by atoms with Gasteiger partial charge in [0.05, 0.1) is 10.7 Å². The van der Waals surface area contributed by atoms with Crippen LogP contribution < -0.4 is 5.32 Å². The Morgan fingerprint density at radius 2 is 2.00 bits per heavy atom. The van der Waals surface area contributed by atoms with Gasteiger partial charge in [-0.25, -0.2) is 9.67 Å². The van der Waals surface area contributed by atoms with Crippen LogP contribution in [0.25, 0.3) is 0 Å². The van der Waals surface area contributed by atoms with E-state index in [2.05, 4.69) is 32.7 Å². The van der Waals surface area contributed by atoms with Gasteiger partial charge in [0.15, 0.2) is 0 Å². The molecule has 17 heavy (non-hydrogen) atoms. The lowest BCUT2D eigenvalue weighted by molar-refractivity contribution is 0.713. The van der Waals surface area contributed by atoms with Crippen molar-refractivity contribution in [1.82, 2.24) is 25.2 Å². The molecule has 0 aliphatic carbocycles. The Morgan fingerprint density at radius 1 is 1.29 bits per heavy atom. The zero-order valence-electron chi connectivity index (χ0n) is 10.9. The van der Waals surface area contributed by atoms with Gasteiger partial charge < -0.3 is 5.32 Å². The van der Waals surface area contributed by atoms with E-state index in [0.29, 0.717) is 5.95 Å². The number of anilines is 1. The second kappa shape index (κ2) is 6.29. The minimum absolute atomic E-state index is 0.706. The molecule has 0 aromatic carbocycles. The summed E-state index contributed by atoms with van der Waals surface area (Å²) in [4.78, 5) is 5.56. The van der Waals surface area contributed by atoms with Crippen molar-refractivity contribution in [2.75, 3.05) is 11.9 Å². The summed E-state index contributed by atoms with van der Waals surface area (Å²) in [6.07, 6.45) is 0. The standard InChI is InChI=1S/C6H9NS.C4H9N5/c1-4-5(2)8-6(3)7-4;1-3-5-4-6-7-8-9(4)2/h1-3H3;3H2,1-2H3,(H,5,6,8). The summed E-state index contributed by atoms with van der Waals surface area (Å²) >= 11 is 1.76. The van der Waals surface area contributed by atoms with Gasteiger partial charge in [0, 0.05) is 18.5 Å². The van der Waals surface area contributed by atoms with Crippen molar-refractivity contribution in [2.24, 2.45) is 7.05 Å². The van der Waals surface area contributed by atoms with Crippen LogP contribution in [0.1, 0.15) is 22.5 Å². The van der Waals surface area contributed by atoms with Gasteiger partial charge in [-0.2, -0.15) is 0 Å². The molecular formula is C10H18N6S. The van der Waals surface area contributed by atoms with E-state index in [1.54, 1.807) is 23.1 Å². The third-order valence-electron chi connectivity index (χ3n) is 2.09. The highest BCUT2D eigenvalue weighted by molar-refractivity contribution is 7.11. The maximum absolute atomic E-state index is 4.23. The fourth-order valence-electron chi connectivity index (χ4n) is 1.17. The number of nitrogens with zero attached hydrogens (tertiary/aromatic N) is 5. The van der Waals surface area contributed by atoms with E-state index in [0.717, 1.165) is 6.54 Å². The molecule has 0 saturated carbocycles. The molecule has 0 spiro atoms. The predicted molar refractivity (Wildman–Crippen MR) is 69.3 cm³/mol. The molecule has 0 amide bonds. The van der Waals surface area contributed by atoms with Crippen molar-refractivity contribution in [3.05, 3.63) is 15.6 Å². The lowest BCUT2D eigenvalue weighted by Gasteiger charge is -1.96. The molecule has 1 N–H and O–H groups in total. The van der Waals surface area contributed by atoms with E-state index < -0.39 is 0 Å². The van der Waals surface area contributed by atoms with Gasteiger partial charge in [0.25, 0.3) is 0 Å². The van der Waals surface area contributed by atoms with Gasteiger partial charge in [-0.1, -0.05) is 5.10 Å². The van der Waals surface area contributed by atoms with Crippen molar-refractivity contribution >= 4 is 17.3 Å². The molecule has 6 nitrogen and oxygen atoms in total. The Kier molecular flexibility index (Phi) is 5.02. The summed E-state index contributed by atoms with van der Waals surface area (Å²) in [7, 11) is 1.79. The molecule has 0 radical (unpaired) electrons. The molecule has 94 valence electrons. The summed E-state index contributed by atoms with van der Waals surface area (Å²) in [5.74, 6) is 0.706. The molecule has 0 saturated heterocycles. The average Bonchev–Trinajstić information content (AvgIpc) is 2.77. The first-order chi connectivity index (χ1) is 8.04. The van der Waals surface area contributed by atoms with Crippen molar-refractivity contribution in [3.8, 4) is 0 Å². The van der Waals surface area contributed by atoms with Crippen molar-refractivity contribution in [3.63, 3.8) is 0 Å². The number of aromatic nitrogens is 5. The third kappa shape index (κ3) is 4.10. The van der Waals surface area contributed by atoms with Crippen LogP contribution in [0, 0.1) is 20.8 Å². The molecule has 0 atom stereocenters. The smallest absolute Gasteiger partial charge is 0.242 e. The van der Waals surface area contributed by atoms with Crippen LogP contribution in [0.4, 0.5) is 5.95 Å². The van der Waals surface area contributed by atoms with Gasteiger partial charge in [0.2, 0.25) is 5.95 Å². The average molecular weight is 254 g/mol. The summed E-state index contributed by atoms with van der Waals surface area (Å²) < 4.78 is 1.59. The maximum Gasteiger partial charge on any atom is 0.242 e. The van der Waals surface area contributed by atoms with Gasteiger partial charge in [-0.05, 0) is 38.1 Å². The number of aryl methyl sites for hydroxylation is 4. The first kappa shape index (κ1) is 13.6. The number of nitrogens with one attached hydrogen (secondary N) is 1. The van der Waals surface area contributed by atoms with Crippen LogP contribution in [0.2, 0.25) is 0 Å².